The van der Waals surface area contributed by atoms with Crippen molar-refractivity contribution in [2.75, 3.05) is 13.7 Å². The molecule has 14 heteroatoms. The number of H-pyrrole nitrogens is 1. The SMILES string of the molecule is COC1C[C@H](n2cc(C#CCCCCc3cn(CC4CCCC4)nn3)c(=O)[nH]c2=O)O[C@@H]1COP(=O)(O)O. The molecule has 2 aromatic rings. The molecule has 1 aliphatic carbocycles. The fraction of sp³-hybridized carbons (Fsp3) is 0.667. The van der Waals surface area contributed by atoms with Crippen LogP contribution < -0.4 is 11.2 Å². The quantitative estimate of drug-likeness (QED) is 0.211. The minimum atomic E-state index is -4.69. The lowest BCUT2D eigenvalue weighted by Crippen LogP contribution is -2.33. The third-order valence-corrected chi connectivity index (χ3v) is 7.37. The Labute approximate surface area is 219 Å². The lowest BCUT2D eigenvalue weighted by molar-refractivity contribution is -0.0526. The number of hydrogen-bond donors (Lipinski definition) is 3. The van der Waals surface area contributed by atoms with Gasteiger partial charge in [-0.25, -0.2) is 9.36 Å². The van der Waals surface area contributed by atoms with E-state index in [1.807, 2.05) is 10.9 Å². The molecule has 3 N–H and O–H groups in total. The van der Waals surface area contributed by atoms with Crippen LogP contribution in [0.15, 0.2) is 22.0 Å². The number of aromatic nitrogens is 5. The van der Waals surface area contributed by atoms with Gasteiger partial charge in [-0.2, -0.15) is 0 Å². The van der Waals surface area contributed by atoms with Crippen molar-refractivity contribution in [2.45, 2.75) is 82.8 Å². The van der Waals surface area contributed by atoms with Gasteiger partial charge in [-0.3, -0.25) is 23.6 Å². The summed E-state index contributed by atoms with van der Waals surface area (Å²) in [5.41, 5.74) is -0.194. The van der Waals surface area contributed by atoms with Gasteiger partial charge in [0.2, 0.25) is 0 Å². The van der Waals surface area contributed by atoms with Crippen LogP contribution in [0.2, 0.25) is 0 Å². The van der Waals surface area contributed by atoms with Gasteiger partial charge in [0, 0.05) is 38.9 Å². The van der Waals surface area contributed by atoms with Gasteiger partial charge in [-0.15, -0.1) is 5.10 Å². The van der Waals surface area contributed by atoms with Crippen molar-refractivity contribution >= 4 is 7.82 Å². The number of unbranched alkanes of at least 4 members (excludes halogenated alkanes) is 2. The molecule has 2 aromatic heterocycles. The largest absolute Gasteiger partial charge is 0.469 e. The Morgan fingerprint density at radius 1 is 1.24 bits per heavy atom. The number of hydrogen-bond acceptors (Lipinski definition) is 8. The molecule has 0 aromatic carbocycles. The Bertz CT molecular complexity index is 1300. The summed E-state index contributed by atoms with van der Waals surface area (Å²) in [6.07, 6.45) is 9.62. The summed E-state index contributed by atoms with van der Waals surface area (Å²) in [4.78, 5) is 44.8. The molecule has 2 fully saturated rings. The van der Waals surface area contributed by atoms with Gasteiger partial charge in [0.1, 0.15) is 17.9 Å². The van der Waals surface area contributed by atoms with Gasteiger partial charge in [0.25, 0.3) is 5.56 Å². The van der Waals surface area contributed by atoms with Crippen molar-refractivity contribution in [1.82, 2.24) is 24.5 Å². The van der Waals surface area contributed by atoms with Crippen molar-refractivity contribution in [2.24, 2.45) is 5.92 Å². The molecule has 3 heterocycles. The smallest absolute Gasteiger partial charge is 0.378 e. The van der Waals surface area contributed by atoms with Crippen LogP contribution in [0.1, 0.15) is 68.9 Å². The summed E-state index contributed by atoms with van der Waals surface area (Å²) in [7, 11) is -3.27. The number of nitrogens with zero attached hydrogens (tertiary/aromatic N) is 4. The van der Waals surface area contributed by atoms with Gasteiger partial charge in [0.15, 0.2) is 0 Å². The molecular weight excluding hydrogens is 517 g/mol. The number of methoxy groups -OCH3 is 1. The van der Waals surface area contributed by atoms with E-state index in [1.165, 1.54) is 43.6 Å². The number of ether oxygens (including phenoxy) is 2. The topological polar surface area (TPSA) is 171 Å². The Hall–Kier alpha value is -2.59. The van der Waals surface area contributed by atoms with E-state index in [1.54, 1.807) is 0 Å². The minimum Gasteiger partial charge on any atom is -0.378 e. The summed E-state index contributed by atoms with van der Waals surface area (Å²) in [6.45, 7) is 0.524. The van der Waals surface area contributed by atoms with Crippen molar-refractivity contribution in [3.8, 4) is 11.8 Å². The molecule has 0 bridgehead atoms. The van der Waals surface area contributed by atoms with Crippen LogP contribution in [-0.2, 0) is 31.5 Å². The molecule has 2 aliphatic rings. The Kier molecular flexibility index (Phi) is 9.70. The Morgan fingerprint density at radius 2 is 2.03 bits per heavy atom. The highest BCUT2D eigenvalue weighted by Crippen LogP contribution is 2.38. The van der Waals surface area contributed by atoms with E-state index in [-0.39, 0.29) is 12.0 Å². The number of nitrogens with one attached hydrogen (secondary N) is 1. The molecular formula is C24H34N5O8P. The molecule has 1 unspecified atom stereocenters. The first-order valence-electron chi connectivity index (χ1n) is 12.8. The maximum absolute atomic E-state index is 12.4. The molecule has 4 rings (SSSR count). The van der Waals surface area contributed by atoms with Crippen LogP contribution in [0.25, 0.3) is 0 Å². The number of aromatic amines is 1. The third-order valence-electron chi connectivity index (χ3n) is 6.88. The Morgan fingerprint density at radius 3 is 2.76 bits per heavy atom. The molecule has 13 nitrogen and oxygen atoms in total. The van der Waals surface area contributed by atoms with Crippen LogP contribution in [0, 0.1) is 17.8 Å². The van der Waals surface area contributed by atoms with E-state index < -0.39 is 44.1 Å². The fourth-order valence-corrected chi connectivity index (χ4v) is 5.25. The third kappa shape index (κ3) is 7.96. The molecule has 1 saturated heterocycles. The van der Waals surface area contributed by atoms with E-state index in [0.29, 0.717) is 12.3 Å². The summed E-state index contributed by atoms with van der Waals surface area (Å²) < 4.78 is 29.8. The van der Waals surface area contributed by atoms with E-state index >= 15 is 0 Å². The Balaban J connectivity index is 1.29. The maximum atomic E-state index is 12.4. The van der Waals surface area contributed by atoms with Gasteiger partial charge in [-0.1, -0.05) is 29.9 Å². The molecule has 208 valence electrons. The van der Waals surface area contributed by atoms with Crippen LogP contribution in [0.5, 0.6) is 0 Å². The normalized spacial score (nSPS) is 22.0. The van der Waals surface area contributed by atoms with Crippen LogP contribution >= 0.6 is 7.82 Å². The first-order valence-corrected chi connectivity index (χ1v) is 14.4. The molecule has 0 radical (unpaired) electrons. The molecule has 1 saturated carbocycles. The summed E-state index contributed by atoms with van der Waals surface area (Å²) in [5.74, 6) is 6.53. The van der Waals surface area contributed by atoms with Crippen molar-refractivity contribution in [1.29, 1.82) is 0 Å². The van der Waals surface area contributed by atoms with Gasteiger partial charge < -0.3 is 19.3 Å². The zero-order valence-corrected chi connectivity index (χ0v) is 22.2. The van der Waals surface area contributed by atoms with E-state index in [0.717, 1.165) is 31.5 Å². The van der Waals surface area contributed by atoms with Crippen molar-refractivity contribution in [3.63, 3.8) is 0 Å². The lowest BCUT2D eigenvalue weighted by Gasteiger charge is -2.17. The van der Waals surface area contributed by atoms with Gasteiger partial charge >= 0.3 is 13.5 Å². The second kappa shape index (κ2) is 13.0. The predicted octanol–water partition coefficient (Wildman–Crippen LogP) is 1.49. The van der Waals surface area contributed by atoms with Crippen LogP contribution in [0.3, 0.4) is 0 Å². The first-order chi connectivity index (χ1) is 18.2. The molecule has 1 aliphatic heterocycles. The number of rotatable bonds is 11. The maximum Gasteiger partial charge on any atom is 0.469 e. The average Bonchev–Trinajstić information content (AvgIpc) is 3.62. The fourth-order valence-electron chi connectivity index (χ4n) is 4.91. The van der Waals surface area contributed by atoms with Gasteiger partial charge in [-0.05, 0) is 38.0 Å². The van der Waals surface area contributed by atoms with E-state index in [2.05, 4.69) is 31.7 Å². The summed E-state index contributed by atoms with van der Waals surface area (Å²) in [6, 6.07) is 0. The molecule has 38 heavy (non-hydrogen) atoms. The minimum absolute atomic E-state index is 0.118. The zero-order chi connectivity index (χ0) is 27.1. The second-order valence-corrected chi connectivity index (χ2v) is 11.0. The molecule has 3 atom stereocenters. The van der Waals surface area contributed by atoms with Crippen LogP contribution in [-0.4, -0.2) is 60.3 Å². The number of aryl methyl sites for hydroxylation is 1. The monoisotopic (exact) mass is 551 g/mol. The standard InChI is InChI=1S/C24H34N5O8P/c1-35-20-12-22(37-21(20)16-36-38(32,33)34)29-14-18(23(30)25-24(29)31)10-4-2-3-5-11-19-15-28(27-26-19)13-17-8-6-7-9-17/h14-15,17,20-22H,2-3,5-9,11-13,16H2,1H3,(H,25,30,31)(H2,32,33,34)/t20?,21-,22-/m1/s1. The second-order valence-electron chi connectivity index (χ2n) is 9.73. The molecule has 0 amide bonds. The zero-order valence-electron chi connectivity index (χ0n) is 21.3. The highest BCUT2D eigenvalue weighted by Gasteiger charge is 2.38. The highest BCUT2D eigenvalue weighted by molar-refractivity contribution is 7.46. The van der Waals surface area contributed by atoms with E-state index in [4.69, 9.17) is 19.3 Å². The number of phosphoric acid groups is 1. The number of phosphoric ester groups is 1. The van der Waals surface area contributed by atoms with Crippen LogP contribution in [0.4, 0.5) is 0 Å². The highest BCUT2D eigenvalue weighted by atomic mass is 31.2. The summed E-state index contributed by atoms with van der Waals surface area (Å²) >= 11 is 0. The van der Waals surface area contributed by atoms with Crippen molar-refractivity contribution < 1.29 is 28.3 Å². The lowest BCUT2D eigenvalue weighted by atomic mass is 10.1. The molecule has 0 spiro atoms. The van der Waals surface area contributed by atoms with Crippen molar-refractivity contribution in [3.05, 3.63) is 44.5 Å². The average molecular weight is 552 g/mol. The summed E-state index contributed by atoms with van der Waals surface area (Å²) in [5, 5.41) is 8.50. The van der Waals surface area contributed by atoms with Gasteiger partial charge in [0.05, 0.1) is 18.4 Å². The predicted molar refractivity (Wildman–Crippen MR) is 135 cm³/mol. The van der Waals surface area contributed by atoms with E-state index in [9.17, 15) is 14.2 Å². The first kappa shape index (κ1) is 28.4.